The number of hydrogen-bond donors (Lipinski definition) is 1. The van der Waals surface area contributed by atoms with Crippen molar-refractivity contribution < 1.29 is 14.3 Å². The van der Waals surface area contributed by atoms with Crippen LogP contribution in [0.1, 0.15) is 49.5 Å². The van der Waals surface area contributed by atoms with Crippen molar-refractivity contribution >= 4 is 11.8 Å². The number of rotatable bonds is 6. The maximum atomic E-state index is 12.9. The van der Waals surface area contributed by atoms with Gasteiger partial charge in [-0.15, -0.1) is 0 Å². The van der Waals surface area contributed by atoms with E-state index in [-0.39, 0.29) is 24.3 Å². The molecule has 23 heavy (non-hydrogen) atoms. The Labute approximate surface area is 137 Å². The Kier molecular flexibility index (Phi) is 5.41. The molecule has 2 heterocycles. The van der Waals surface area contributed by atoms with Crippen LogP contribution >= 0.6 is 0 Å². The number of hydrogen-bond acceptors (Lipinski definition) is 4. The number of aromatic nitrogens is 2. The van der Waals surface area contributed by atoms with Crippen molar-refractivity contribution in [2.45, 2.75) is 44.7 Å². The van der Waals surface area contributed by atoms with Gasteiger partial charge in [-0.3, -0.25) is 14.3 Å². The highest BCUT2D eigenvalue weighted by atomic mass is 16.5. The Hall–Kier alpha value is -1.89. The second-order valence-electron chi connectivity index (χ2n) is 6.37. The van der Waals surface area contributed by atoms with E-state index in [1.807, 2.05) is 13.8 Å². The first kappa shape index (κ1) is 17.5. The fourth-order valence-corrected chi connectivity index (χ4v) is 3.18. The minimum atomic E-state index is -0.578. The van der Waals surface area contributed by atoms with Crippen molar-refractivity contribution in [1.82, 2.24) is 20.0 Å². The van der Waals surface area contributed by atoms with Crippen LogP contribution in [-0.4, -0.2) is 59.3 Å². The van der Waals surface area contributed by atoms with E-state index in [9.17, 15) is 9.59 Å². The molecule has 1 aliphatic heterocycles. The summed E-state index contributed by atoms with van der Waals surface area (Å²) in [6, 6.07) is 0.199. The molecule has 2 rings (SSSR count). The lowest BCUT2D eigenvalue weighted by molar-refractivity contribution is -0.123. The Bertz CT molecular complexity index is 569. The number of carbonyl (C=O) groups excluding carboxylic acids is 2. The first-order chi connectivity index (χ1) is 10.9. The molecule has 1 aromatic heterocycles. The second kappa shape index (κ2) is 7.12. The summed E-state index contributed by atoms with van der Waals surface area (Å²) < 4.78 is 7.10. The van der Waals surface area contributed by atoms with E-state index in [4.69, 9.17) is 4.74 Å². The molecular weight excluding hydrogens is 296 g/mol. The molecule has 0 spiro atoms. The van der Waals surface area contributed by atoms with E-state index < -0.39 is 5.54 Å². The van der Waals surface area contributed by atoms with E-state index in [0.29, 0.717) is 18.7 Å². The number of nitrogens with zero attached hydrogens (tertiary/aromatic N) is 3. The average Bonchev–Trinajstić information content (AvgIpc) is 3.14. The van der Waals surface area contributed by atoms with E-state index in [0.717, 1.165) is 12.8 Å². The number of ether oxygens (including phenoxy) is 1. The zero-order valence-electron chi connectivity index (χ0n) is 14.3. The molecule has 0 bridgehead atoms. The summed E-state index contributed by atoms with van der Waals surface area (Å²) in [5.74, 6) is -0.171. The molecule has 1 atom stereocenters. The fraction of sp³-hybridized carbons (Fsp3) is 0.688. The Morgan fingerprint density at radius 1 is 1.48 bits per heavy atom. The van der Waals surface area contributed by atoms with Crippen LogP contribution in [0.2, 0.25) is 0 Å². The van der Waals surface area contributed by atoms with Gasteiger partial charge in [-0.25, -0.2) is 0 Å². The van der Waals surface area contributed by atoms with Crippen molar-refractivity contribution in [3.63, 3.8) is 0 Å². The van der Waals surface area contributed by atoms with Gasteiger partial charge in [-0.05, 0) is 26.7 Å². The Morgan fingerprint density at radius 3 is 2.78 bits per heavy atom. The molecule has 1 aromatic rings. The van der Waals surface area contributed by atoms with Gasteiger partial charge in [0.25, 0.3) is 5.91 Å². The highest BCUT2D eigenvalue weighted by Gasteiger charge is 2.45. The van der Waals surface area contributed by atoms with Crippen LogP contribution in [0.15, 0.2) is 12.4 Å². The summed E-state index contributed by atoms with van der Waals surface area (Å²) in [5, 5.41) is 6.88. The number of likely N-dealkylation sites (tertiary alicyclic amines) is 1. The standard InChI is InChI=1S/C16H26N4O3/c1-12(2)20-10-13(9-18-20)15(22)19-7-5-6-16(19,11-23-4)8-14(21)17-3/h9-10,12H,5-8,11H2,1-4H3,(H,17,21)/t16-/m1/s1. The third kappa shape index (κ3) is 3.55. The molecule has 7 nitrogen and oxygen atoms in total. The van der Waals surface area contributed by atoms with E-state index in [1.54, 1.807) is 36.1 Å². The summed E-state index contributed by atoms with van der Waals surface area (Å²) in [6.07, 6.45) is 5.24. The van der Waals surface area contributed by atoms with E-state index in [2.05, 4.69) is 10.4 Å². The molecule has 2 amide bonds. The molecule has 0 aliphatic carbocycles. The summed E-state index contributed by atoms with van der Waals surface area (Å²) in [5.41, 5.74) is -0.0238. The molecule has 1 saturated heterocycles. The maximum Gasteiger partial charge on any atom is 0.257 e. The predicted molar refractivity (Wildman–Crippen MR) is 86.2 cm³/mol. The van der Waals surface area contributed by atoms with Crippen LogP contribution in [0.5, 0.6) is 0 Å². The summed E-state index contributed by atoms with van der Waals surface area (Å²) >= 11 is 0. The van der Waals surface area contributed by atoms with Gasteiger partial charge in [0.1, 0.15) is 0 Å². The van der Waals surface area contributed by atoms with Gasteiger partial charge < -0.3 is 15.0 Å². The molecule has 7 heteroatoms. The first-order valence-electron chi connectivity index (χ1n) is 7.99. The van der Waals surface area contributed by atoms with Crippen molar-refractivity contribution in [2.24, 2.45) is 0 Å². The molecule has 0 aromatic carbocycles. The zero-order valence-corrected chi connectivity index (χ0v) is 14.3. The molecule has 1 N–H and O–H groups in total. The average molecular weight is 322 g/mol. The smallest absolute Gasteiger partial charge is 0.257 e. The predicted octanol–water partition coefficient (Wildman–Crippen LogP) is 1.22. The Morgan fingerprint density at radius 2 is 2.22 bits per heavy atom. The second-order valence-corrected chi connectivity index (χ2v) is 6.37. The van der Waals surface area contributed by atoms with Crippen molar-refractivity contribution in [3.05, 3.63) is 18.0 Å². The third-order valence-electron chi connectivity index (χ3n) is 4.40. The lowest BCUT2D eigenvalue weighted by atomic mass is 9.92. The third-order valence-corrected chi connectivity index (χ3v) is 4.40. The maximum absolute atomic E-state index is 12.9. The highest BCUT2D eigenvalue weighted by molar-refractivity contribution is 5.95. The molecule has 1 fully saturated rings. The number of carbonyl (C=O) groups is 2. The Balaban J connectivity index is 2.26. The topological polar surface area (TPSA) is 76.5 Å². The van der Waals surface area contributed by atoms with Crippen molar-refractivity contribution in [1.29, 1.82) is 0 Å². The molecule has 128 valence electrons. The summed E-state index contributed by atoms with van der Waals surface area (Å²) in [4.78, 5) is 26.6. The highest BCUT2D eigenvalue weighted by Crippen LogP contribution is 2.34. The largest absolute Gasteiger partial charge is 0.382 e. The van der Waals surface area contributed by atoms with Crippen LogP contribution in [0.4, 0.5) is 0 Å². The molecular formula is C16H26N4O3. The van der Waals surface area contributed by atoms with Crippen LogP contribution in [0.25, 0.3) is 0 Å². The zero-order chi connectivity index (χ0) is 17.0. The van der Waals surface area contributed by atoms with Gasteiger partial charge in [0.05, 0.1) is 30.3 Å². The van der Waals surface area contributed by atoms with Gasteiger partial charge >= 0.3 is 0 Å². The number of amides is 2. The normalized spacial score (nSPS) is 21.0. The monoisotopic (exact) mass is 322 g/mol. The lowest BCUT2D eigenvalue weighted by Crippen LogP contribution is -2.52. The molecule has 0 saturated carbocycles. The van der Waals surface area contributed by atoms with Crippen LogP contribution in [0, 0.1) is 0 Å². The van der Waals surface area contributed by atoms with E-state index >= 15 is 0 Å². The molecule has 1 aliphatic rings. The van der Waals surface area contributed by atoms with Crippen LogP contribution in [0.3, 0.4) is 0 Å². The minimum Gasteiger partial charge on any atom is -0.382 e. The van der Waals surface area contributed by atoms with Gasteiger partial charge in [-0.2, -0.15) is 5.10 Å². The number of nitrogens with one attached hydrogen (secondary N) is 1. The minimum absolute atomic E-state index is 0.0837. The van der Waals surface area contributed by atoms with Gasteiger partial charge in [-0.1, -0.05) is 0 Å². The van der Waals surface area contributed by atoms with Crippen molar-refractivity contribution in [2.75, 3.05) is 27.3 Å². The van der Waals surface area contributed by atoms with Gasteiger partial charge in [0.15, 0.2) is 0 Å². The van der Waals surface area contributed by atoms with Crippen molar-refractivity contribution in [3.8, 4) is 0 Å². The van der Waals surface area contributed by atoms with Crippen LogP contribution in [-0.2, 0) is 9.53 Å². The van der Waals surface area contributed by atoms with Gasteiger partial charge in [0, 0.05) is 32.9 Å². The molecule has 0 radical (unpaired) electrons. The lowest BCUT2D eigenvalue weighted by Gasteiger charge is -2.37. The number of methoxy groups -OCH3 is 1. The summed E-state index contributed by atoms with van der Waals surface area (Å²) in [6.45, 7) is 5.01. The fourth-order valence-electron chi connectivity index (χ4n) is 3.18. The van der Waals surface area contributed by atoms with E-state index in [1.165, 1.54) is 0 Å². The SMILES string of the molecule is CNC(=O)C[C@@]1(COC)CCCN1C(=O)c1cnn(C(C)C)c1. The quantitative estimate of drug-likeness (QED) is 0.854. The summed E-state index contributed by atoms with van der Waals surface area (Å²) in [7, 11) is 3.21. The van der Waals surface area contributed by atoms with Gasteiger partial charge in [0.2, 0.25) is 5.91 Å². The van der Waals surface area contributed by atoms with Crippen LogP contribution < -0.4 is 5.32 Å². The molecule has 0 unspecified atom stereocenters. The first-order valence-corrected chi connectivity index (χ1v) is 7.99.